The molecule has 0 aliphatic carbocycles. The smallest absolute Gasteiger partial charge is 0.283 e. The van der Waals surface area contributed by atoms with Crippen molar-refractivity contribution in [1.29, 1.82) is 0 Å². The Labute approximate surface area is 89.8 Å². The minimum absolute atomic E-state index is 0.100. The predicted molar refractivity (Wildman–Crippen MR) is 52.7 cm³/mol. The standard InChI is InChI=1S/C9H7ClFNO3/c1-2-9(13)5-3-6(10)7(11)4-8(5)12(14)15/h3-4H,2H2,1H3. The van der Waals surface area contributed by atoms with E-state index >= 15 is 0 Å². The molecule has 0 amide bonds. The summed E-state index contributed by atoms with van der Waals surface area (Å²) in [6, 6.07) is 1.64. The highest BCUT2D eigenvalue weighted by atomic mass is 35.5. The number of nitro groups is 1. The third-order valence-electron chi connectivity index (χ3n) is 1.86. The van der Waals surface area contributed by atoms with Crippen molar-refractivity contribution in [2.75, 3.05) is 0 Å². The normalized spacial score (nSPS) is 10.1. The lowest BCUT2D eigenvalue weighted by atomic mass is 10.1. The van der Waals surface area contributed by atoms with Crippen molar-refractivity contribution in [2.24, 2.45) is 0 Å². The summed E-state index contributed by atoms with van der Waals surface area (Å²) >= 11 is 5.44. The van der Waals surface area contributed by atoms with E-state index in [-0.39, 0.29) is 17.0 Å². The first-order valence-electron chi connectivity index (χ1n) is 4.14. The van der Waals surface area contributed by atoms with Gasteiger partial charge in [0.25, 0.3) is 5.69 Å². The topological polar surface area (TPSA) is 60.2 Å². The van der Waals surface area contributed by atoms with Gasteiger partial charge in [-0.25, -0.2) is 4.39 Å². The minimum atomic E-state index is -0.906. The number of benzene rings is 1. The highest BCUT2D eigenvalue weighted by Crippen LogP contribution is 2.26. The Kier molecular flexibility index (Phi) is 3.36. The third kappa shape index (κ3) is 2.30. The summed E-state index contributed by atoms with van der Waals surface area (Å²) in [6.07, 6.45) is 0.100. The van der Waals surface area contributed by atoms with Crippen LogP contribution in [0.1, 0.15) is 23.7 Å². The van der Waals surface area contributed by atoms with E-state index in [1.54, 1.807) is 6.92 Å². The Morgan fingerprint density at radius 1 is 1.60 bits per heavy atom. The molecule has 0 aliphatic rings. The summed E-state index contributed by atoms with van der Waals surface area (Å²) in [7, 11) is 0. The maximum Gasteiger partial charge on any atom is 0.283 e. The predicted octanol–water partition coefficient (Wildman–Crippen LogP) is 2.98. The van der Waals surface area contributed by atoms with Gasteiger partial charge in [-0.15, -0.1) is 0 Å². The molecule has 0 heterocycles. The van der Waals surface area contributed by atoms with E-state index in [4.69, 9.17) is 11.6 Å². The molecule has 15 heavy (non-hydrogen) atoms. The van der Waals surface area contributed by atoms with Crippen molar-refractivity contribution in [3.8, 4) is 0 Å². The number of nitrogens with zero attached hydrogens (tertiary/aromatic N) is 1. The van der Waals surface area contributed by atoms with E-state index in [1.165, 1.54) is 0 Å². The molecule has 0 radical (unpaired) electrons. The summed E-state index contributed by atoms with van der Waals surface area (Å²) in [5.41, 5.74) is -0.711. The summed E-state index contributed by atoms with van der Waals surface area (Å²) < 4.78 is 12.9. The first kappa shape index (κ1) is 11.6. The number of rotatable bonds is 3. The average Bonchev–Trinajstić information content (AvgIpc) is 2.20. The molecule has 4 nitrogen and oxygen atoms in total. The Bertz CT molecular complexity index is 434. The largest absolute Gasteiger partial charge is 0.294 e. The third-order valence-corrected chi connectivity index (χ3v) is 2.15. The van der Waals surface area contributed by atoms with Crippen molar-refractivity contribution in [2.45, 2.75) is 13.3 Å². The van der Waals surface area contributed by atoms with Crippen LogP contribution in [0.25, 0.3) is 0 Å². The monoisotopic (exact) mass is 231 g/mol. The van der Waals surface area contributed by atoms with Crippen LogP contribution >= 0.6 is 11.6 Å². The van der Waals surface area contributed by atoms with Crippen molar-refractivity contribution < 1.29 is 14.1 Å². The van der Waals surface area contributed by atoms with Gasteiger partial charge in [-0.1, -0.05) is 18.5 Å². The number of nitro benzene ring substituents is 1. The molecule has 6 heteroatoms. The van der Waals surface area contributed by atoms with Gasteiger partial charge >= 0.3 is 0 Å². The van der Waals surface area contributed by atoms with E-state index in [2.05, 4.69) is 0 Å². The molecular weight excluding hydrogens is 225 g/mol. The second-order valence-electron chi connectivity index (χ2n) is 2.82. The van der Waals surface area contributed by atoms with Crippen LogP contribution in [0.5, 0.6) is 0 Å². The average molecular weight is 232 g/mol. The van der Waals surface area contributed by atoms with Gasteiger partial charge in [0.2, 0.25) is 0 Å². The Balaban J connectivity index is 3.41. The van der Waals surface area contributed by atoms with Gasteiger partial charge in [-0.3, -0.25) is 14.9 Å². The number of ketones is 1. The van der Waals surface area contributed by atoms with Crippen LogP contribution in [0.3, 0.4) is 0 Å². The zero-order chi connectivity index (χ0) is 11.6. The molecule has 0 aliphatic heterocycles. The SMILES string of the molecule is CCC(=O)c1cc(Cl)c(F)cc1[N+](=O)[O-]. The quantitative estimate of drug-likeness (QED) is 0.456. The molecule has 0 N–H and O–H groups in total. The highest BCUT2D eigenvalue weighted by molar-refractivity contribution is 6.31. The Hall–Kier alpha value is -1.49. The molecule has 1 aromatic rings. The van der Waals surface area contributed by atoms with Gasteiger partial charge in [0.15, 0.2) is 5.78 Å². The Morgan fingerprint density at radius 3 is 2.67 bits per heavy atom. The molecule has 0 unspecified atom stereocenters. The second kappa shape index (κ2) is 4.35. The molecule has 0 spiro atoms. The summed E-state index contributed by atoms with van der Waals surface area (Å²) in [5, 5.41) is 10.3. The molecule has 0 bridgehead atoms. The van der Waals surface area contributed by atoms with Gasteiger partial charge in [0.1, 0.15) is 5.82 Å². The lowest BCUT2D eigenvalue weighted by molar-refractivity contribution is -0.385. The zero-order valence-electron chi connectivity index (χ0n) is 7.79. The second-order valence-corrected chi connectivity index (χ2v) is 3.22. The number of Topliss-reactive ketones (excluding diaryl/α,β-unsaturated/α-hetero) is 1. The molecule has 0 fully saturated rings. The van der Waals surface area contributed by atoms with Crippen LogP contribution in [0, 0.1) is 15.9 Å². The van der Waals surface area contributed by atoms with Crippen molar-refractivity contribution in [3.05, 3.63) is 38.7 Å². The van der Waals surface area contributed by atoms with Crippen molar-refractivity contribution in [1.82, 2.24) is 0 Å². The van der Waals surface area contributed by atoms with E-state index < -0.39 is 22.2 Å². The van der Waals surface area contributed by atoms with Crippen molar-refractivity contribution in [3.63, 3.8) is 0 Å². The van der Waals surface area contributed by atoms with Crippen LogP contribution in [0.15, 0.2) is 12.1 Å². The van der Waals surface area contributed by atoms with Crippen LogP contribution in [0.2, 0.25) is 5.02 Å². The summed E-state index contributed by atoms with van der Waals surface area (Å²) in [5.74, 6) is -1.35. The van der Waals surface area contributed by atoms with Crippen LogP contribution in [0.4, 0.5) is 10.1 Å². The summed E-state index contributed by atoms with van der Waals surface area (Å²) in [4.78, 5) is 21.1. The number of carbonyl (C=O) groups excluding carboxylic acids is 1. The highest BCUT2D eigenvalue weighted by Gasteiger charge is 2.21. The minimum Gasteiger partial charge on any atom is -0.294 e. The van der Waals surface area contributed by atoms with E-state index in [1.807, 2.05) is 0 Å². The maximum absolute atomic E-state index is 12.9. The molecule has 1 aromatic carbocycles. The summed E-state index contributed by atoms with van der Waals surface area (Å²) in [6.45, 7) is 1.56. The zero-order valence-corrected chi connectivity index (χ0v) is 8.55. The Morgan fingerprint density at radius 2 is 2.20 bits per heavy atom. The molecule has 0 aromatic heterocycles. The van der Waals surface area contributed by atoms with Gasteiger partial charge in [0.05, 0.1) is 21.6 Å². The molecule has 0 saturated carbocycles. The first-order chi connectivity index (χ1) is 6.97. The maximum atomic E-state index is 12.9. The number of hydrogen-bond acceptors (Lipinski definition) is 3. The van der Waals surface area contributed by atoms with Gasteiger partial charge < -0.3 is 0 Å². The van der Waals surface area contributed by atoms with Gasteiger partial charge in [-0.2, -0.15) is 0 Å². The number of hydrogen-bond donors (Lipinski definition) is 0. The van der Waals surface area contributed by atoms with Gasteiger partial charge in [0, 0.05) is 6.42 Å². The van der Waals surface area contributed by atoms with Gasteiger partial charge in [-0.05, 0) is 6.07 Å². The number of carbonyl (C=O) groups is 1. The van der Waals surface area contributed by atoms with Crippen LogP contribution < -0.4 is 0 Å². The molecular formula is C9H7ClFNO3. The van der Waals surface area contributed by atoms with Crippen molar-refractivity contribution >= 4 is 23.1 Å². The molecule has 1 rings (SSSR count). The fourth-order valence-electron chi connectivity index (χ4n) is 1.10. The fraction of sp³-hybridized carbons (Fsp3) is 0.222. The van der Waals surface area contributed by atoms with Crippen LogP contribution in [-0.2, 0) is 0 Å². The van der Waals surface area contributed by atoms with Crippen LogP contribution in [-0.4, -0.2) is 10.7 Å². The lowest BCUT2D eigenvalue weighted by Crippen LogP contribution is -2.03. The lowest BCUT2D eigenvalue weighted by Gasteiger charge is -2.01. The van der Waals surface area contributed by atoms with E-state index in [0.29, 0.717) is 6.07 Å². The molecule has 0 atom stereocenters. The molecule has 0 saturated heterocycles. The van der Waals surface area contributed by atoms with E-state index in [0.717, 1.165) is 6.07 Å². The molecule has 80 valence electrons. The van der Waals surface area contributed by atoms with E-state index in [9.17, 15) is 19.3 Å². The fourth-order valence-corrected chi connectivity index (χ4v) is 1.26. The number of halogens is 2. The first-order valence-corrected chi connectivity index (χ1v) is 4.51.